The maximum absolute atomic E-state index is 13.1. The molecule has 0 aliphatic carbocycles. The third kappa shape index (κ3) is 4.41. The van der Waals surface area contributed by atoms with Crippen LogP contribution in [0.25, 0.3) is 0 Å². The molecular formula is C22H26N2O5S. The van der Waals surface area contributed by atoms with Gasteiger partial charge in [0, 0.05) is 24.5 Å². The molecule has 0 saturated carbocycles. The summed E-state index contributed by atoms with van der Waals surface area (Å²) in [7, 11) is 0. The number of hydrogen-bond acceptors (Lipinski definition) is 7. The number of esters is 1. The summed E-state index contributed by atoms with van der Waals surface area (Å²) in [6, 6.07) is 12.1. The van der Waals surface area contributed by atoms with Crippen LogP contribution < -0.4 is 5.32 Å². The highest BCUT2D eigenvalue weighted by Crippen LogP contribution is 2.32. The van der Waals surface area contributed by atoms with Crippen LogP contribution in [0.4, 0.5) is 0 Å². The summed E-state index contributed by atoms with van der Waals surface area (Å²) in [6.07, 6.45) is 1.85. The fraction of sp³-hybridized carbons (Fsp3) is 0.455. The first-order valence-electron chi connectivity index (χ1n) is 10.2. The number of carbonyl (C=O) groups is 2. The largest absolute Gasteiger partial charge is 0.477 e. The Labute approximate surface area is 179 Å². The number of nitrogens with one attached hydrogen (secondary N) is 1. The van der Waals surface area contributed by atoms with Crippen molar-refractivity contribution in [3.63, 3.8) is 0 Å². The molecule has 2 atom stereocenters. The number of hydrogen-bond donors (Lipinski definition) is 3. The number of piperidine rings is 3. The van der Waals surface area contributed by atoms with Crippen molar-refractivity contribution in [3.8, 4) is 0 Å². The molecule has 3 fully saturated rings. The molecule has 5 rings (SSSR count). The van der Waals surface area contributed by atoms with E-state index in [1.165, 1.54) is 11.3 Å². The molecule has 3 aliphatic heterocycles. The first-order chi connectivity index (χ1) is 14.5. The molecule has 2 bridgehead atoms. The molecule has 1 aromatic heterocycles. The minimum Gasteiger partial charge on any atom is -0.477 e. The van der Waals surface area contributed by atoms with E-state index in [0.29, 0.717) is 18.0 Å². The molecule has 7 nitrogen and oxygen atoms in total. The second kappa shape index (κ2) is 8.85. The summed E-state index contributed by atoms with van der Waals surface area (Å²) in [5, 5.41) is 23.5. The summed E-state index contributed by atoms with van der Waals surface area (Å²) in [4.78, 5) is 27.6. The van der Waals surface area contributed by atoms with Crippen LogP contribution in [0.15, 0.2) is 42.5 Å². The zero-order valence-corrected chi connectivity index (χ0v) is 17.4. The summed E-state index contributed by atoms with van der Waals surface area (Å²) in [6.45, 7) is 3.13. The molecule has 160 valence electrons. The minimum absolute atomic E-state index is 0.0305. The lowest BCUT2D eigenvalue weighted by Gasteiger charge is -2.44. The van der Waals surface area contributed by atoms with Crippen molar-refractivity contribution in [2.24, 2.45) is 5.92 Å². The lowest BCUT2D eigenvalue weighted by molar-refractivity contribution is -0.181. The second-order valence-corrected chi connectivity index (χ2v) is 9.15. The number of rotatable bonds is 8. The van der Waals surface area contributed by atoms with Gasteiger partial charge in [-0.1, -0.05) is 30.3 Å². The number of benzene rings is 1. The number of fused-ring (bicyclic) bond motifs is 3. The lowest BCUT2D eigenvalue weighted by Crippen LogP contribution is -2.54. The first-order valence-corrected chi connectivity index (χ1v) is 11.0. The Hall–Kier alpha value is -2.26. The fourth-order valence-electron chi connectivity index (χ4n) is 4.24. The number of carboxylic acids is 1. The standard InChI is InChI=1S/C22H26N2O5S/c25-20(26)19-7-6-17(30-19)12-23-14-22(28,16-4-2-1-3-5-16)21(27)29-18-13-24-10-8-15(18)9-11-24/h1-7,15,18,23,28H,8-14H2,(H,25,26)/t18-,22?/m0/s1. The van der Waals surface area contributed by atoms with E-state index >= 15 is 0 Å². The number of ether oxygens (including phenoxy) is 1. The number of carboxylic acid groups (broad SMARTS) is 1. The van der Waals surface area contributed by atoms with Gasteiger partial charge in [-0.05, 0) is 49.5 Å². The predicted octanol–water partition coefficient (Wildman–Crippen LogP) is 2.06. The van der Waals surface area contributed by atoms with E-state index in [0.717, 1.165) is 37.4 Å². The van der Waals surface area contributed by atoms with Crippen molar-refractivity contribution < 1.29 is 24.5 Å². The van der Waals surface area contributed by atoms with Gasteiger partial charge in [0.2, 0.25) is 0 Å². The number of aliphatic hydroxyl groups is 1. The lowest BCUT2D eigenvalue weighted by atomic mass is 9.85. The Bertz CT molecular complexity index is 894. The molecule has 4 heterocycles. The van der Waals surface area contributed by atoms with Crippen molar-refractivity contribution >= 4 is 23.3 Å². The van der Waals surface area contributed by atoms with E-state index in [9.17, 15) is 14.7 Å². The summed E-state index contributed by atoms with van der Waals surface area (Å²) in [5.74, 6) is -1.25. The molecule has 1 unspecified atom stereocenters. The summed E-state index contributed by atoms with van der Waals surface area (Å²) >= 11 is 1.17. The van der Waals surface area contributed by atoms with E-state index in [1.807, 2.05) is 6.07 Å². The quantitative estimate of drug-likeness (QED) is 0.552. The van der Waals surface area contributed by atoms with Crippen LogP contribution in [0.2, 0.25) is 0 Å². The highest BCUT2D eigenvalue weighted by molar-refractivity contribution is 7.13. The number of aromatic carboxylic acids is 1. The van der Waals surface area contributed by atoms with E-state index in [-0.39, 0.29) is 17.5 Å². The van der Waals surface area contributed by atoms with Crippen LogP contribution in [0, 0.1) is 5.92 Å². The Kier molecular flexibility index (Phi) is 6.19. The first kappa shape index (κ1) is 21.0. The highest BCUT2D eigenvalue weighted by Gasteiger charge is 2.44. The molecule has 3 N–H and O–H groups in total. The van der Waals surface area contributed by atoms with Gasteiger partial charge in [-0.15, -0.1) is 11.3 Å². The smallest absolute Gasteiger partial charge is 0.345 e. The normalized spacial score (nSPS) is 24.9. The SMILES string of the molecule is O=C(O)c1ccc(CNCC(O)(C(=O)O[C@H]2CN3CCC2CC3)c2ccccc2)s1. The highest BCUT2D eigenvalue weighted by atomic mass is 32.1. The third-order valence-electron chi connectivity index (χ3n) is 6.00. The molecule has 3 aliphatic rings. The van der Waals surface area contributed by atoms with Crippen LogP contribution in [-0.4, -0.2) is 59.3 Å². The Morgan fingerprint density at radius 2 is 1.90 bits per heavy atom. The van der Waals surface area contributed by atoms with Crippen molar-refractivity contribution in [2.75, 3.05) is 26.2 Å². The van der Waals surface area contributed by atoms with Crippen molar-refractivity contribution in [3.05, 3.63) is 57.8 Å². The molecule has 0 radical (unpaired) electrons. The van der Waals surface area contributed by atoms with Crippen LogP contribution in [0.5, 0.6) is 0 Å². The fourth-order valence-corrected chi connectivity index (χ4v) is 5.06. The molecule has 2 aromatic rings. The molecule has 0 amide bonds. The molecule has 1 aromatic carbocycles. The van der Waals surface area contributed by atoms with Gasteiger partial charge in [-0.2, -0.15) is 0 Å². The molecule has 3 saturated heterocycles. The van der Waals surface area contributed by atoms with Crippen molar-refractivity contribution in [1.82, 2.24) is 10.2 Å². The van der Waals surface area contributed by atoms with Gasteiger partial charge in [0.1, 0.15) is 11.0 Å². The van der Waals surface area contributed by atoms with Crippen LogP contribution >= 0.6 is 11.3 Å². The molecule has 8 heteroatoms. The van der Waals surface area contributed by atoms with Crippen LogP contribution in [0.1, 0.15) is 33.0 Å². The number of nitrogens with zero attached hydrogens (tertiary/aromatic N) is 1. The van der Waals surface area contributed by atoms with Crippen molar-refractivity contribution in [2.45, 2.75) is 31.1 Å². The van der Waals surface area contributed by atoms with E-state index in [4.69, 9.17) is 9.84 Å². The Morgan fingerprint density at radius 1 is 1.17 bits per heavy atom. The molecular weight excluding hydrogens is 404 g/mol. The topological polar surface area (TPSA) is 99.1 Å². The Balaban J connectivity index is 1.45. The zero-order chi connectivity index (χ0) is 21.1. The van der Waals surface area contributed by atoms with E-state index in [1.54, 1.807) is 36.4 Å². The molecule has 30 heavy (non-hydrogen) atoms. The van der Waals surface area contributed by atoms with Gasteiger partial charge in [0.05, 0.1) is 0 Å². The van der Waals surface area contributed by atoms with E-state index < -0.39 is 17.5 Å². The van der Waals surface area contributed by atoms with Gasteiger partial charge < -0.3 is 20.3 Å². The maximum Gasteiger partial charge on any atom is 0.345 e. The summed E-state index contributed by atoms with van der Waals surface area (Å²) in [5.41, 5.74) is -1.35. The number of carbonyl (C=O) groups excluding carboxylic acids is 1. The monoisotopic (exact) mass is 430 g/mol. The van der Waals surface area contributed by atoms with Crippen LogP contribution in [-0.2, 0) is 21.7 Å². The molecule has 0 spiro atoms. The van der Waals surface area contributed by atoms with Gasteiger partial charge in [0.15, 0.2) is 5.60 Å². The van der Waals surface area contributed by atoms with Gasteiger partial charge in [-0.3, -0.25) is 4.90 Å². The van der Waals surface area contributed by atoms with Crippen LogP contribution in [0.3, 0.4) is 0 Å². The zero-order valence-electron chi connectivity index (χ0n) is 16.6. The second-order valence-electron chi connectivity index (χ2n) is 7.98. The minimum atomic E-state index is -1.82. The van der Waals surface area contributed by atoms with Crippen molar-refractivity contribution in [1.29, 1.82) is 0 Å². The average Bonchev–Trinajstić information content (AvgIpc) is 3.24. The van der Waals surface area contributed by atoms with Gasteiger partial charge >= 0.3 is 11.9 Å². The van der Waals surface area contributed by atoms with Gasteiger partial charge in [-0.25, -0.2) is 9.59 Å². The third-order valence-corrected chi connectivity index (χ3v) is 7.07. The maximum atomic E-state index is 13.1. The number of thiophene rings is 1. The Morgan fingerprint density at radius 3 is 2.50 bits per heavy atom. The van der Waals surface area contributed by atoms with E-state index in [2.05, 4.69) is 10.2 Å². The predicted molar refractivity (Wildman–Crippen MR) is 112 cm³/mol. The average molecular weight is 431 g/mol. The van der Waals surface area contributed by atoms with Gasteiger partial charge in [0.25, 0.3) is 0 Å². The summed E-state index contributed by atoms with van der Waals surface area (Å²) < 4.78 is 5.84.